The van der Waals surface area contributed by atoms with E-state index in [1.54, 1.807) is 81.1 Å². The predicted molar refractivity (Wildman–Crippen MR) is 221 cm³/mol. The fourth-order valence-corrected chi connectivity index (χ4v) is 6.27. The van der Waals surface area contributed by atoms with Gasteiger partial charge >= 0.3 is 26.4 Å². The van der Waals surface area contributed by atoms with Crippen molar-refractivity contribution in [2.24, 2.45) is 0 Å². The normalized spacial score (nSPS) is 10.1. The van der Waals surface area contributed by atoms with Crippen LogP contribution in [0.4, 0.5) is 0 Å². The number of rotatable bonds is 15. The van der Waals surface area contributed by atoms with Crippen molar-refractivity contribution in [2.45, 2.75) is 0 Å². The van der Waals surface area contributed by atoms with E-state index < -0.39 is 26.4 Å². The summed E-state index contributed by atoms with van der Waals surface area (Å²) in [7, 11) is 6.60. The van der Waals surface area contributed by atoms with E-state index in [9.17, 15) is 0 Å². The molecule has 0 saturated carbocycles. The summed E-state index contributed by atoms with van der Waals surface area (Å²) in [6.07, 6.45) is 5.50. The van der Waals surface area contributed by atoms with Gasteiger partial charge in [-0.05, 0) is 33.8 Å². The molecule has 51 heavy (non-hydrogen) atoms. The maximum atomic E-state index is 4.96. The van der Waals surface area contributed by atoms with Crippen LogP contribution in [0.25, 0.3) is 18.2 Å². The molecular formula is C39H60O9Si3. The van der Waals surface area contributed by atoms with Crippen molar-refractivity contribution in [1.82, 2.24) is 0 Å². The molecule has 0 saturated heterocycles. The molecule has 3 aromatic carbocycles. The van der Waals surface area contributed by atoms with Crippen molar-refractivity contribution in [2.75, 3.05) is 64.0 Å². The van der Waals surface area contributed by atoms with Gasteiger partial charge in [0.1, 0.15) is 0 Å². The van der Waals surface area contributed by atoms with Crippen LogP contribution in [0.5, 0.6) is 0 Å². The first kappa shape index (κ1) is 51.8. The third kappa shape index (κ3) is 23.5. The third-order valence-corrected chi connectivity index (χ3v) is 13.0. The minimum Gasteiger partial charge on any atom is -0.374 e. The van der Waals surface area contributed by atoms with Crippen molar-refractivity contribution >= 4 is 44.6 Å². The molecule has 12 heteroatoms. The van der Waals surface area contributed by atoms with Crippen LogP contribution in [0.2, 0.25) is 0 Å². The first-order chi connectivity index (χ1) is 24.5. The van der Waals surface area contributed by atoms with Crippen LogP contribution >= 0.6 is 0 Å². The second-order valence-electron chi connectivity index (χ2n) is 9.10. The second kappa shape index (κ2) is 33.5. The lowest BCUT2D eigenvalue weighted by Gasteiger charge is -2.19. The zero-order chi connectivity index (χ0) is 39.4. The molecule has 0 unspecified atom stereocenters. The van der Waals surface area contributed by atoms with Crippen LogP contribution in [0.3, 0.4) is 0 Å². The molecule has 3 rings (SSSR count). The lowest BCUT2D eigenvalue weighted by molar-refractivity contribution is 0.138. The molecule has 282 valence electrons. The molecule has 3 aromatic rings. The Labute approximate surface area is 311 Å². The molecule has 0 heterocycles. The second-order valence-corrected chi connectivity index (χ2v) is 17.6. The van der Waals surface area contributed by atoms with Crippen molar-refractivity contribution in [3.63, 3.8) is 0 Å². The van der Waals surface area contributed by atoms with Gasteiger partial charge in [-0.3, -0.25) is 0 Å². The molecule has 0 aromatic heterocycles. The van der Waals surface area contributed by atoms with Crippen LogP contribution in [0.1, 0.15) is 16.7 Å². The third-order valence-electron chi connectivity index (χ3n) is 6.42. The van der Waals surface area contributed by atoms with Gasteiger partial charge in [-0.2, -0.15) is 0 Å². The molecule has 0 radical (unpaired) electrons. The Morgan fingerprint density at radius 3 is 0.529 bits per heavy atom. The van der Waals surface area contributed by atoms with Gasteiger partial charge < -0.3 is 39.8 Å². The summed E-state index contributed by atoms with van der Waals surface area (Å²) in [5, 5.41) is 0. The lowest BCUT2D eigenvalue weighted by Crippen LogP contribution is -2.40. The quantitative estimate of drug-likeness (QED) is 0.141. The summed E-state index contributed by atoms with van der Waals surface area (Å²) in [6, 6.07) is 30.1. The van der Waals surface area contributed by atoms with Gasteiger partial charge in [0.15, 0.2) is 0 Å². The Kier molecular flexibility index (Phi) is 34.0. The summed E-state index contributed by atoms with van der Waals surface area (Å²) in [6.45, 7) is 21.5. The van der Waals surface area contributed by atoms with Crippen LogP contribution in [0.15, 0.2) is 148 Å². The molecule has 0 bridgehead atoms. The molecule has 9 nitrogen and oxygen atoms in total. The van der Waals surface area contributed by atoms with E-state index in [-0.39, 0.29) is 0 Å². The van der Waals surface area contributed by atoms with Crippen LogP contribution in [-0.4, -0.2) is 90.4 Å². The number of benzene rings is 3. The zero-order valence-electron chi connectivity index (χ0n) is 32.0. The minimum absolute atomic E-state index is 1.17. The first-order valence-corrected chi connectivity index (χ1v) is 20.8. The van der Waals surface area contributed by atoms with Crippen LogP contribution in [-0.2, 0) is 39.8 Å². The van der Waals surface area contributed by atoms with E-state index in [4.69, 9.17) is 39.8 Å². The standard InChI is InChI=1S/3C8H8.3C5H12O3Si/c3*1-2-8-6-4-3-5-7-8;3*1-5-9(6-2,7-3)8-4/h3*2-7H,1H2;3*5H,1H2,2-4H3. The zero-order valence-corrected chi connectivity index (χ0v) is 35.0. The molecule has 0 N–H and O–H groups in total. The molecule has 0 aliphatic heterocycles. The van der Waals surface area contributed by atoms with Gasteiger partial charge in [-0.15, -0.1) is 0 Å². The summed E-state index contributed by atoms with van der Waals surface area (Å²) < 4.78 is 44.7. The van der Waals surface area contributed by atoms with Gasteiger partial charge in [0.05, 0.1) is 0 Å². The topological polar surface area (TPSA) is 83.1 Å². The average molecular weight is 757 g/mol. The number of hydrogen-bond acceptors (Lipinski definition) is 9. The molecule has 0 amide bonds. The minimum atomic E-state index is -2.43. The fourth-order valence-electron chi connectivity index (χ4n) is 3.27. The smallest absolute Gasteiger partial charge is 0.374 e. The van der Waals surface area contributed by atoms with Crippen LogP contribution in [0, 0.1) is 0 Å². The molecular weight excluding hydrogens is 697 g/mol. The highest BCUT2D eigenvalue weighted by Crippen LogP contribution is 2.06. The molecule has 0 aliphatic rings. The van der Waals surface area contributed by atoms with Gasteiger partial charge in [-0.25, -0.2) is 0 Å². The Bertz CT molecular complexity index is 1100. The number of hydrogen-bond donors (Lipinski definition) is 0. The Balaban J connectivity index is -0.000000542. The van der Waals surface area contributed by atoms with Gasteiger partial charge in [0.2, 0.25) is 0 Å². The van der Waals surface area contributed by atoms with Crippen molar-refractivity contribution in [3.8, 4) is 0 Å². The highest BCUT2D eigenvalue weighted by atomic mass is 28.4. The van der Waals surface area contributed by atoms with E-state index in [0.717, 1.165) is 0 Å². The Morgan fingerprint density at radius 1 is 0.314 bits per heavy atom. The largest absolute Gasteiger partial charge is 0.528 e. The summed E-state index contributed by atoms with van der Waals surface area (Å²) >= 11 is 0. The monoisotopic (exact) mass is 756 g/mol. The molecule has 0 fully saturated rings. The summed E-state index contributed by atoms with van der Waals surface area (Å²) in [4.78, 5) is 0. The van der Waals surface area contributed by atoms with E-state index in [0.29, 0.717) is 0 Å². The van der Waals surface area contributed by atoms with Gasteiger partial charge in [-0.1, -0.05) is 149 Å². The summed E-state index contributed by atoms with van der Waals surface area (Å²) in [5.74, 6) is 0. The maximum absolute atomic E-state index is 4.96. The molecule has 0 spiro atoms. The van der Waals surface area contributed by atoms with E-state index in [1.807, 2.05) is 109 Å². The van der Waals surface area contributed by atoms with Crippen LogP contribution < -0.4 is 0 Å². The van der Waals surface area contributed by atoms with E-state index in [2.05, 4.69) is 39.5 Å². The van der Waals surface area contributed by atoms with E-state index in [1.165, 1.54) is 16.7 Å². The van der Waals surface area contributed by atoms with Crippen molar-refractivity contribution < 1.29 is 39.8 Å². The molecule has 0 aliphatic carbocycles. The summed E-state index contributed by atoms with van der Waals surface area (Å²) in [5.41, 5.74) is 8.25. The van der Waals surface area contributed by atoms with Crippen molar-refractivity contribution in [1.29, 1.82) is 0 Å². The maximum Gasteiger partial charge on any atom is 0.528 e. The predicted octanol–water partition coefficient (Wildman–Crippen LogP) is 8.76. The van der Waals surface area contributed by atoms with E-state index >= 15 is 0 Å². The van der Waals surface area contributed by atoms with Gasteiger partial charge in [0, 0.05) is 64.0 Å². The average Bonchev–Trinajstić information content (AvgIpc) is 3.23. The lowest BCUT2D eigenvalue weighted by atomic mass is 10.2. The molecule has 0 atom stereocenters. The van der Waals surface area contributed by atoms with Crippen molar-refractivity contribution in [3.05, 3.63) is 164 Å². The highest BCUT2D eigenvalue weighted by molar-refractivity contribution is 6.66. The first-order valence-electron chi connectivity index (χ1n) is 15.4. The SMILES string of the molecule is C=C[Si](OC)(OC)OC.C=C[Si](OC)(OC)OC.C=C[Si](OC)(OC)OC.C=Cc1ccccc1.C=Cc1ccccc1.C=Cc1ccccc1. The Hall–Kier alpha value is -3.61. The van der Waals surface area contributed by atoms with Gasteiger partial charge in [0.25, 0.3) is 0 Å². The fraction of sp³-hybridized carbons (Fsp3) is 0.231. The Morgan fingerprint density at radius 2 is 0.471 bits per heavy atom. The highest BCUT2D eigenvalue weighted by Gasteiger charge is 2.34.